The van der Waals surface area contributed by atoms with E-state index in [0.717, 1.165) is 24.2 Å². The maximum absolute atomic E-state index is 13.4. The number of hydrogen-bond acceptors (Lipinski definition) is 3. The number of benzene rings is 1. The minimum atomic E-state index is -1.24. The van der Waals surface area contributed by atoms with Crippen LogP contribution in [0.15, 0.2) is 24.3 Å². The van der Waals surface area contributed by atoms with Crippen molar-refractivity contribution in [3.05, 3.63) is 34.9 Å². The number of imide groups is 1. The molecule has 6 rings (SSSR count). The van der Waals surface area contributed by atoms with E-state index in [-0.39, 0.29) is 17.7 Å². The van der Waals surface area contributed by atoms with Gasteiger partial charge in [0.25, 0.3) is 5.91 Å². The maximum atomic E-state index is 13.4. The molecule has 0 radical (unpaired) electrons. The molecule has 4 saturated carbocycles. The van der Waals surface area contributed by atoms with E-state index in [1.54, 1.807) is 31.2 Å². The average molecular weight is 401 g/mol. The Labute approximate surface area is 169 Å². The predicted molar refractivity (Wildman–Crippen MR) is 105 cm³/mol. The number of amides is 3. The van der Waals surface area contributed by atoms with Crippen LogP contribution in [0.25, 0.3) is 0 Å². The van der Waals surface area contributed by atoms with Gasteiger partial charge in [-0.25, -0.2) is 4.79 Å². The highest BCUT2D eigenvalue weighted by Gasteiger charge is 2.56. The minimum Gasteiger partial charge on any atom is -0.319 e. The second-order valence-electron chi connectivity index (χ2n) is 9.55. The lowest BCUT2D eigenvalue weighted by Gasteiger charge is -2.56. The molecular weight excluding hydrogens is 376 g/mol. The Morgan fingerprint density at radius 2 is 1.68 bits per heavy atom. The second-order valence-corrected chi connectivity index (χ2v) is 9.95. The third-order valence-electron chi connectivity index (χ3n) is 7.62. The minimum absolute atomic E-state index is 0.0681. The van der Waals surface area contributed by atoms with Crippen molar-refractivity contribution >= 4 is 29.3 Å². The van der Waals surface area contributed by atoms with Crippen LogP contribution < -0.4 is 5.32 Å². The molecule has 28 heavy (non-hydrogen) atoms. The molecule has 0 unspecified atom stereocenters. The smallest absolute Gasteiger partial charge is 0.319 e. The zero-order valence-corrected chi connectivity index (χ0v) is 16.8. The van der Waals surface area contributed by atoms with Crippen LogP contribution in [0.3, 0.4) is 0 Å². The van der Waals surface area contributed by atoms with Crippen LogP contribution in [0, 0.1) is 23.2 Å². The zero-order chi connectivity index (χ0) is 19.7. The van der Waals surface area contributed by atoms with Gasteiger partial charge in [-0.1, -0.05) is 29.8 Å². The number of nitrogens with one attached hydrogen (secondary N) is 1. The maximum Gasteiger partial charge on any atom is 0.325 e. The molecule has 1 aromatic rings. The normalized spacial score (nSPS) is 38.8. The Morgan fingerprint density at radius 1 is 1.11 bits per heavy atom. The number of nitrogens with zero attached hydrogens (tertiary/aromatic N) is 1. The summed E-state index contributed by atoms with van der Waals surface area (Å²) >= 11 is 6.28. The number of rotatable bonds is 4. The van der Waals surface area contributed by atoms with Crippen LogP contribution in [-0.2, 0) is 15.1 Å². The SMILES string of the molecule is C[C@@]1(c2ccccc2Cl)NC(=O)N(CC(=O)C23CC4CC(CC(C4)C2)C3)C1=O. The number of carbonyl (C=O) groups is 3. The fraction of sp³-hybridized carbons (Fsp3) is 0.591. The number of ketones is 1. The Morgan fingerprint density at radius 3 is 2.25 bits per heavy atom. The van der Waals surface area contributed by atoms with E-state index in [4.69, 9.17) is 11.6 Å². The standard InChI is InChI=1S/C22H25ClN2O3/c1-21(16-4-2-3-5-17(16)23)19(27)25(20(28)24-21)12-18(26)22-9-13-6-14(10-22)8-15(7-13)11-22/h2-5,13-15H,6-12H2,1H3,(H,24,28)/t13?,14?,15?,21-,22?/m0/s1. The summed E-state index contributed by atoms with van der Waals surface area (Å²) in [5.41, 5.74) is -1.00. The quantitative estimate of drug-likeness (QED) is 0.779. The summed E-state index contributed by atoms with van der Waals surface area (Å²) < 4.78 is 0. The van der Waals surface area contributed by atoms with Crippen LogP contribution in [0.2, 0.25) is 5.02 Å². The molecule has 5 aliphatic rings. The number of halogens is 1. The first kappa shape index (κ1) is 18.2. The van der Waals surface area contributed by atoms with E-state index in [2.05, 4.69) is 5.32 Å². The van der Waals surface area contributed by atoms with E-state index in [9.17, 15) is 14.4 Å². The molecule has 1 atom stereocenters. The Kier molecular flexibility index (Phi) is 3.93. The van der Waals surface area contributed by atoms with Crippen molar-refractivity contribution in [1.82, 2.24) is 10.2 Å². The molecule has 1 N–H and O–H groups in total. The molecule has 1 aliphatic heterocycles. The van der Waals surface area contributed by atoms with E-state index in [1.807, 2.05) is 0 Å². The van der Waals surface area contributed by atoms with Gasteiger partial charge in [0.2, 0.25) is 0 Å². The van der Waals surface area contributed by atoms with Crippen molar-refractivity contribution < 1.29 is 14.4 Å². The third-order valence-corrected chi connectivity index (χ3v) is 7.95. The third kappa shape index (κ3) is 2.55. The van der Waals surface area contributed by atoms with Gasteiger partial charge in [-0.05, 0) is 69.3 Å². The first-order valence-electron chi connectivity index (χ1n) is 10.2. The van der Waals surface area contributed by atoms with Gasteiger partial charge in [-0.2, -0.15) is 0 Å². The first-order valence-corrected chi connectivity index (χ1v) is 10.6. The van der Waals surface area contributed by atoms with Gasteiger partial charge in [0, 0.05) is 16.0 Å². The van der Waals surface area contributed by atoms with Crippen molar-refractivity contribution in [2.75, 3.05) is 6.54 Å². The summed E-state index contributed by atoms with van der Waals surface area (Å²) in [6.07, 6.45) is 6.55. The number of Topliss-reactive ketones (excluding diaryl/α,β-unsaturated/α-hetero) is 1. The summed E-state index contributed by atoms with van der Waals surface area (Å²) in [5.74, 6) is 1.60. The number of carbonyl (C=O) groups excluding carboxylic acids is 3. The lowest BCUT2D eigenvalue weighted by atomic mass is 9.48. The summed E-state index contributed by atoms with van der Waals surface area (Å²) in [6.45, 7) is 1.53. The van der Waals surface area contributed by atoms with Crippen LogP contribution in [0.4, 0.5) is 4.79 Å². The highest BCUT2D eigenvalue weighted by Crippen LogP contribution is 2.60. The molecular formula is C22H25ClN2O3. The second kappa shape index (κ2) is 6.06. The first-order chi connectivity index (χ1) is 13.3. The van der Waals surface area contributed by atoms with Crippen molar-refractivity contribution in [3.8, 4) is 0 Å². The molecule has 0 aromatic heterocycles. The van der Waals surface area contributed by atoms with E-state index < -0.39 is 17.5 Å². The summed E-state index contributed by atoms with van der Waals surface area (Å²) in [6, 6.07) is 6.50. The molecule has 5 nitrogen and oxygen atoms in total. The number of hydrogen-bond donors (Lipinski definition) is 1. The lowest BCUT2D eigenvalue weighted by Crippen LogP contribution is -2.53. The summed E-state index contributed by atoms with van der Waals surface area (Å²) in [7, 11) is 0. The average Bonchev–Trinajstić information content (AvgIpc) is 2.85. The predicted octanol–water partition coefficient (Wildman–Crippen LogP) is 3.89. The van der Waals surface area contributed by atoms with Crippen molar-refractivity contribution in [2.45, 2.75) is 51.0 Å². The van der Waals surface area contributed by atoms with E-state index in [0.29, 0.717) is 28.3 Å². The molecule has 5 fully saturated rings. The Balaban J connectivity index is 1.39. The molecule has 3 amide bonds. The van der Waals surface area contributed by atoms with Gasteiger partial charge in [-0.3, -0.25) is 14.5 Å². The fourth-order valence-corrected chi connectivity index (χ4v) is 6.98. The molecule has 1 aromatic carbocycles. The fourth-order valence-electron chi connectivity index (χ4n) is 6.65. The van der Waals surface area contributed by atoms with Crippen molar-refractivity contribution in [3.63, 3.8) is 0 Å². The molecule has 0 spiro atoms. The van der Waals surface area contributed by atoms with Gasteiger partial charge >= 0.3 is 6.03 Å². The summed E-state index contributed by atoms with van der Waals surface area (Å²) in [4.78, 5) is 40.3. The van der Waals surface area contributed by atoms with Crippen molar-refractivity contribution in [1.29, 1.82) is 0 Å². The van der Waals surface area contributed by atoms with E-state index >= 15 is 0 Å². The highest BCUT2D eigenvalue weighted by atomic mass is 35.5. The van der Waals surface area contributed by atoms with E-state index in [1.165, 1.54) is 19.3 Å². The van der Waals surface area contributed by atoms with Gasteiger partial charge in [-0.15, -0.1) is 0 Å². The highest BCUT2D eigenvalue weighted by molar-refractivity contribution is 6.32. The molecule has 148 valence electrons. The van der Waals surface area contributed by atoms with Gasteiger partial charge in [0.15, 0.2) is 5.78 Å². The van der Waals surface area contributed by atoms with Crippen LogP contribution in [0.1, 0.15) is 51.0 Å². The zero-order valence-electron chi connectivity index (χ0n) is 16.0. The van der Waals surface area contributed by atoms with Gasteiger partial charge in [0.1, 0.15) is 5.54 Å². The Bertz CT molecular complexity index is 847. The van der Waals surface area contributed by atoms with Crippen molar-refractivity contribution in [2.24, 2.45) is 23.2 Å². The lowest BCUT2D eigenvalue weighted by molar-refractivity contribution is -0.147. The molecule has 1 heterocycles. The monoisotopic (exact) mass is 400 g/mol. The van der Waals surface area contributed by atoms with Gasteiger partial charge < -0.3 is 5.32 Å². The van der Waals surface area contributed by atoms with Gasteiger partial charge in [0.05, 0.1) is 6.54 Å². The summed E-state index contributed by atoms with van der Waals surface area (Å²) in [5, 5.41) is 3.19. The Hall–Kier alpha value is -1.88. The topological polar surface area (TPSA) is 66.5 Å². The van der Waals surface area contributed by atoms with Crippen LogP contribution in [0.5, 0.6) is 0 Å². The molecule has 6 heteroatoms. The van der Waals surface area contributed by atoms with Crippen LogP contribution in [-0.4, -0.2) is 29.2 Å². The molecule has 1 saturated heterocycles. The molecule has 4 aliphatic carbocycles. The largest absolute Gasteiger partial charge is 0.325 e. The molecule has 4 bridgehead atoms. The van der Waals surface area contributed by atoms with Crippen LogP contribution >= 0.6 is 11.6 Å². The number of urea groups is 1.